The summed E-state index contributed by atoms with van der Waals surface area (Å²) in [5.74, 6) is 0.989. The average molecular weight is 379 g/mol. The molecule has 0 fully saturated rings. The molecule has 0 aromatic heterocycles. The Morgan fingerprint density at radius 2 is 2.00 bits per heavy atom. The van der Waals surface area contributed by atoms with Gasteiger partial charge in [0.2, 0.25) is 0 Å². The van der Waals surface area contributed by atoms with E-state index in [1.54, 1.807) is 0 Å². The number of guanidine groups is 1. The van der Waals surface area contributed by atoms with Crippen molar-refractivity contribution in [1.29, 1.82) is 0 Å². The number of nitrogens with zero attached hydrogens (tertiary/aromatic N) is 2. The number of halogens is 1. The Morgan fingerprint density at radius 3 is 2.58 bits per heavy atom. The smallest absolute Gasteiger partial charge is 0.193 e. The number of allylic oxidation sites excluding steroid dienone is 2. The van der Waals surface area contributed by atoms with Crippen LogP contribution in [0.25, 0.3) is 0 Å². The molecule has 0 aromatic rings. The Kier molecular flexibility index (Phi) is 17.0. The Labute approximate surface area is 136 Å². The third-order valence-corrected chi connectivity index (χ3v) is 2.80. The molecule has 0 aliphatic carbocycles. The number of rotatable bonds is 9. The van der Waals surface area contributed by atoms with Crippen LogP contribution < -0.4 is 5.32 Å². The molecule has 0 heterocycles. The van der Waals surface area contributed by atoms with E-state index in [2.05, 4.69) is 41.0 Å². The summed E-state index contributed by atoms with van der Waals surface area (Å²) in [6.45, 7) is 7.78. The lowest BCUT2D eigenvalue weighted by atomic mass is 10.2. The molecule has 0 spiro atoms. The fourth-order valence-corrected chi connectivity index (χ4v) is 1.74. The Morgan fingerprint density at radius 1 is 1.26 bits per heavy atom. The fourth-order valence-electron chi connectivity index (χ4n) is 1.74. The van der Waals surface area contributed by atoms with E-state index in [9.17, 15) is 0 Å². The number of hydrogen-bond acceptors (Lipinski definition) is 1. The monoisotopic (exact) mass is 379 g/mol. The van der Waals surface area contributed by atoms with Gasteiger partial charge < -0.3 is 10.2 Å². The molecule has 0 aromatic carbocycles. The van der Waals surface area contributed by atoms with E-state index >= 15 is 0 Å². The summed E-state index contributed by atoms with van der Waals surface area (Å²) in [4.78, 5) is 6.49. The number of hydrogen-bond donors (Lipinski definition) is 1. The van der Waals surface area contributed by atoms with E-state index in [4.69, 9.17) is 0 Å². The molecular weight excluding hydrogens is 349 g/mol. The van der Waals surface area contributed by atoms with Gasteiger partial charge in [0.25, 0.3) is 0 Å². The van der Waals surface area contributed by atoms with Gasteiger partial charge >= 0.3 is 0 Å². The van der Waals surface area contributed by atoms with Gasteiger partial charge in [-0.15, -0.1) is 30.6 Å². The van der Waals surface area contributed by atoms with Crippen LogP contribution in [0.15, 0.2) is 29.8 Å². The fraction of sp³-hybridized carbons (Fsp3) is 0.667. The van der Waals surface area contributed by atoms with Crippen molar-refractivity contribution >= 4 is 29.9 Å². The van der Waals surface area contributed by atoms with Crippen molar-refractivity contribution in [2.75, 3.05) is 27.2 Å². The van der Waals surface area contributed by atoms with E-state index in [-0.39, 0.29) is 24.0 Å². The summed E-state index contributed by atoms with van der Waals surface area (Å²) in [6, 6.07) is 0. The van der Waals surface area contributed by atoms with Crippen molar-refractivity contribution in [3.63, 3.8) is 0 Å². The van der Waals surface area contributed by atoms with Crippen LogP contribution in [0, 0.1) is 0 Å². The van der Waals surface area contributed by atoms with Crippen LogP contribution in [0.3, 0.4) is 0 Å². The predicted octanol–water partition coefficient (Wildman–Crippen LogP) is 3.82. The summed E-state index contributed by atoms with van der Waals surface area (Å²) < 4.78 is 0. The zero-order valence-corrected chi connectivity index (χ0v) is 15.0. The van der Waals surface area contributed by atoms with Gasteiger partial charge in [0, 0.05) is 27.2 Å². The Balaban J connectivity index is 0. The summed E-state index contributed by atoms with van der Waals surface area (Å²) in [5.41, 5.74) is 0. The van der Waals surface area contributed by atoms with Gasteiger partial charge in [-0.25, -0.2) is 0 Å². The third-order valence-electron chi connectivity index (χ3n) is 2.80. The van der Waals surface area contributed by atoms with E-state index in [0.29, 0.717) is 0 Å². The van der Waals surface area contributed by atoms with Crippen molar-refractivity contribution < 1.29 is 0 Å². The van der Waals surface area contributed by atoms with Crippen molar-refractivity contribution in [2.24, 2.45) is 4.99 Å². The summed E-state index contributed by atoms with van der Waals surface area (Å²) >= 11 is 0. The highest BCUT2D eigenvalue weighted by molar-refractivity contribution is 14.0. The van der Waals surface area contributed by atoms with Gasteiger partial charge in [-0.1, -0.05) is 24.6 Å². The maximum Gasteiger partial charge on any atom is 0.193 e. The molecule has 4 heteroatoms. The van der Waals surface area contributed by atoms with Gasteiger partial charge in [-0.2, -0.15) is 0 Å². The van der Waals surface area contributed by atoms with Crippen LogP contribution in [0.1, 0.15) is 39.0 Å². The van der Waals surface area contributed by atoms with Gasteiger partial charge in [-0.05, 0) is 32.6 Å². The molecule has 0 radical (unpaired) electrons. The molecule has 0 unspecified atom stereocenters. The van der Waals surface area contributed by atoms with Crippen molar-refractivity contribution in [2.45, 2.75) is 39.0 Å². The first kappa shape index (κ1) is 20.8. The standard InChI is InChI=1S/C15H29N3.HI/c1-5-7-9-10-12-14-18(4)15(16-3)17-13-11-8-6-2;/h5-6,8H,1,7,9-14H2,2-4H3,(H,16,17);1H/b8-6+;. The third kappa shape index (κ3) is 12.3. The van der Waals surface area contributed by atoms with Crippen LogP contribution in [0.5, 0.6) is 0 Å². The minimum absolute atomic E-state index is 0. The second-order valence-electron chi connectivity index (χ2n) is 4.39. The molecule has 0 aliphatic heterocycles. The second-order valence-corrected chi connectivity index (χ2v) is 4.39. The topological polar surface area (TPSA) is 27.6 Å². The first-order valence-electron chi connectivity index (χ1n) is 6.90. The normalized spacial score (nSPS) is 11.2. The zero-order valence-electron chi connectivity index (χ0n) is 12.7. The highest BCUT2D eigenvalue weighted by Crippen LogP contribution is 2.01. The number of aliphatic imine (C=N–C) groups is 1. The zero-order chi connectivity index (χ0) is 13.6. The molecule has 112 valence electrons. The molecule has 0 saturated heterocycles. The first-order chi connectivity index (χ1) is 8.76. The molecule has 0 aliphatic rings. The summed E-state index contributed by atoms with van der Waals surface area (Å²) in [7, 11) is 3.94. The lowest BCUT2D eigenvalue weighted by molar-refractivity contribution is 0.456. The van der Waals surface area contributed by atoms with E-state index in [1.807, 2.05) is 20.0 Å². The quantitative estimate of drug-likeness (QED) is 0.217. The molecule has 3 nitrogen and oxygen atoms in total. The maximum atomic E-state index is 4.29. The lowest BCUT2D eigenvalue weighted by Gasteiger charge is -2.21. The summed E-state index contributed by atoms with van der Waals surface area (Å²) in [6.07, 6.45) is 12.1. The molecule has 0 amide bonds. The van der Waals surface area contributed by atoms with Crippen LogP contribution in [0.2, 0.25) is 0 Å². The molecular formula is C15H30IN3. The molecule has 1 N–H and O–H groups in total. The Bertz CT molecular complexity index is 262. The van der Waals surface area contributed by atoms with Crippen LogP contribution in [-0.4, -0.2) is 38.0 Å². The predicted molar refractivity (Wildman–Crippen MR) is 97.5 cm³/mol. The second kappa shape index (κ2) is 15.5. The minimum atomic E-state index is 0. The minimum Gasteiger partial charge on any atom is -0.356 e. The lowest BCUT2D eigenvalue weighted by Crippen LogP contribution is -2.39. The summed E-state index contributed by atoms with van der Waals surface area (Å²) in [5, 5.41) is 3.36. The SMILES string of the molecule is C=CCCCCCN(C)C(=NC)NCC/C=C/C.I. The van der Waals surface area contributed by atoms with Crippen LogP contribution in [0.4, 0.5) is 0 Å². The van der Waals surface area contributed by atoms with E-state index < -0.39 is 0 Å². The molecule has 19 heavy (non-hydrogen) atoms. The van der Waals surface area contributed by atoms with Crippen molar-refractivity contribution in [3.8, 4) is 0 Å². The van der Waals surface area contributed by atoms with Gasteiger partial charge in [-0.3, -0.25) is 4.99 Å². The first-order valence-corrected chi connectivity index (χ1v) is 6.90. The highest BCUT2D eigenvalue weighted by Gasteiger charge is 2.03. The van der Waals surface area contributed by atoms with Crippen molar-refractivity contribution in [1.82, 2.24) is 10.2 Å². The maximum absolute atomic E-state index is 4.29. The van der Waals surface area contributed by atoms with E-state index in [1.165, 1.54) is 19.3 Å². The van der Waals surface area contributed by atoms with Gasteiger partial charge in [0.05, 0.1) is 0 Å². The van der Waals surface area contributed by atoms with Crippen LogP contribution in [-0.2, 0) is 0 Å². The van der Waals surface area contributed by atoms with Gasteiger partial charge in [0.15, 0.2) is 5.96 Å². The molecule has 0 bridgehead atoms. The van der Waals surface area contributed by atoms with E-state index in [0.717, 1.165) is 31.9 Å². The molecule has 0 rings (SSSR count). The number of unbranched alkanes of at least 4 members (excludes halogenated alkanes) is 3. The Hall–Kier alpha value is -0.520. The molecule has 0 atom stereocenters. The van der Waals surface area contributed by atoms with Gasteiger partial charge in [0.1, 0.15) is 0 Å². The molecule has 0 saturated carbocycles. The highest BCUT2D eigenvalue weighted by atomic mass is 127. The largest absolute Gasteiger partial charge is 0.356 e. The van der Waals surface area contributed by atoms with Crippen molar-refractivity contribution in [3.05, 3.63) is 24.8 Å². The van der Waals surface area contributed by atoms with Crippen LogP contribution >= 0.6 is 24.0 Å². The average Bonchev–Trinajstić information content (AvgIpc) is 2.38. The number of nitrogens with one attached hydrogen (secondary N) is 1.